The summed E-state index contributed by atoms with van der Waals surface area (Å²) in [6.07, 6.45) is 0. The van der Waals surface area contributed by atoms with Crippen LogP contribution in [0, 0.1) is 0 Å². The van der Waals surface area contributed by atoms with E-state index >= 15 is 0 Å². The molecule has 4 heteroatoms. The van der Waals surface area contributed by atoms with Gasteiger partial charge >= 0.3 is 0 Å². The summed E-state index contributed by atoms with van der Waals surface area (Å²) in [5, 5.41) is 9.68. The van der Waals surface area contributed by atoms with Gasteiger partial charge in [-0.25, -0.2) is 0 Å². The molecule has 22 heavy (non-hydrogen) atoms. The molecular formula is C18H30N4. The minimum absolute atomic E-state index is 0.0494. The van der Waals surface area contributed by atoms with Gasteiger partial charge in [-0.15, -0.1) is 0 Å². The van der Waals surface area contributed by atoms with Crippen molar-refractivity contribution in [2.45, 2.75) is 65.7 Å². The number of rotatable bonds is 6. The Hall–Kier alpha value is -1.84. The molecule has 1 unspecified atom stereocenters. The van der Waals surface area contributed by atoms with Crippen LogP contribution in [0.5, 0.6) is 0 Å². The quantitative estimate of drug-likeness (QED) is 0.494. The molecule has 1 N–H and O–H groups in total. The minimum Gasteiger partial charge on any atom is -0.369 e. The zero-order valence-electron chi connectivity index (χ0n) is 14.8. The predicted octanol–water partition coefficient (Wildman–Crippen LogP) is 3.69. The van der Waals surface area contributed by atoms with Crippen LogP contribution in [0.2, 0.25) is 0 Å². The van der Waals surface area contributed by atoms with Crippen molar-refractivity contribution in [3.05, 3.63) is 35.9 Å². The van der Waals surface area contributed by atoms with Crippen LogP contribution < -0.4 is 5.32 Å². The summed E-state index contributed by atoms with van der Waals surface area (Å²) in [7, 11) is 0. The average Bonchev–Trinajstić information content (AvgIpc) is 2.45. The van der Waals surface area contributed by atoms with E-state index in [1.54, 1.807) is 0 Å². The normalized spacial score (nSPS) is 15.1. The maximum Gasteiger partial charge on any atom is 0.0938 e. The Morgan fingerprint density at radius 2 is 1.82 bits per heavy atom. The SMILES string of the molecule is C=NN(C(C)[C@H](C)NC(C)=NCc1ccccc1)C(C)(C)C. The van der Waals surface area contributed by atoms with Crippen LogP contribution in [-0.4, -0.2) is 35.2 Å². The van der Waals surface area contributed by atoms with Gasteiger partial charge in [0.15, 0.2) is 0 Å². The van der Waals surface area contributed by atoms with Gasteiger partial charge in [0.25, 0.3) is 0 Å². The average molecular weight is 302 g/mol. The van der Waals surface area contributed by atoms with E-state index in [-0.39, 0.29) is 17.6 Å². The first-order chi connectivity index (χ1) is 10.3. The van der Waals surface area contributed by atoms with Crippen LogP contribution in [0.1, 0.15) is 47.1 Å². The van der Waals surface area contributed by atoms with Crippen LogP contribution in [0.3, 0.4) is 0 Å². The van der Waals surface area contributed by atoms with E-state index in [1.165, 1.54) is 5.56 Å². The van der Waals surface area contributed by atoms with Crippen LogP contribution in [-0.2, 0) is 6.54 Å². The Morgan fingerprint density at radius 3 is 2.32 bits per heavy atom. The highest BCUT2D eigenvalue weighted by molar-refractivity contribution is 5.79. The smallest absolute Gasteiger partial charge is 0.0938 e. The third-order valence-electron chi connectivity index (χ3n) is 3.73. The maximum atomic E-state index is 4.60. The van der Waals surface area contributed by atoms with Gasteiger partial charge in [-0.05, 0) is 47.1 Å². The van der Waals surface area contributed by atoms with Gasteiger partial charge in [0.05, 0.1) is 18.4 Å². The Kier molecular flexibility index (Phi) is 6.60. The first-order valence-corrected chi connectivity index (χ1v) is 7.83. The van der Waals surface area contributed by atoms with Crippen LogP contribution in [0.25, 0.3) is 0 Å². The van der Waals surface area contributed by atoms with Crippen molar-refractivity contribution < 1.29 is 0 Å². The van der Waals surface area contributed by atoms with Crippen molar-refractivity contribution in [1.82, 2.24) is 10.3 Å². The van der Waals surface area contributed by atoms with Gasteiger partial charge in [-0.2, -0.15) is 5.10 Å². The fraction of sp³-hybridized carbons (Fsp3) is 0.556. The van der Waals surface area contributed by atoms with E-state index in [0.717, 1.165) is 5.84 Å². The first-order valence-electron chi connectivity index (χ1n) is 7.83. The summed E-state index contributed by atoms with van der Waals surface area (Å²) in [6.45, 7) is 17.1. The molecule has 0 amide bonds. The highest BCUT2D eigenvalue weighted by Crippen LogP contribution is 2.19. The van der Waals surface area contributed by atoms with E-state index < -0.39 is 0 Å². The molecule has 0 spiro atoms. The number of aliphatic imine (C=N–C) groups is 1. The first kappa shape index (κ1) is 18.2. The standard InChI is InChI=1S/C18H30N4/c1-14(15(2)22(19-7)18(4,5)6)21-16(3)20-13-17-11-9-8-10-12-17/h8-12,14-15H,7,13H2,1-6H3,(H,20,21)/t14-,15?/m0/s1. The molecular weight excluding hydrogens is 272 g/mol. The number of hydrogen-bond donors (Lipinski definition) is 1. The zero-order chi connectivity index (χ0) is 16.8. The molecule has 0 bridgehead atoms. The summed E-state index contributed by atoms with van der Waals surface area (Å²) < 4.78 is 0. The van der Waals surface area contributed by atoms with Crippen LogP contribution in [0.15, 0.2) is 40.4 Å². The van der Waals surface area contributed by atoms with Crippen molar-refractivity contribution in [3.63, 3.8) is 0 Å². The van der Waals surface area contributed by atoms with Crippen molar-refractivity contribution >= 4 is 12.6 Å². The van der Waals surface area contributed by atoms with E-state index in [0.29, 0.717) is 6.54 Å². The fourth-order valence-corrected chi connectivity index (χ4v) is 2.45. The minimum atomic E-state index is -0.0494. The lowest BCUT2D eigenvalue weighted by Gasteiger charge is -2.40. The second-order valence-electron chi connectivity index (χ2n) is 6.72. The van der Waals surface area contributed by atoms with Crippen molar-refractivity contribution in [2.24, 2.45) is 10.1 Å². The molecule has 0 aliphatic carbocycles. The summed E-state index contributed by atoms with van der Waals surface area (Å²) in [5.41, 5.74) is 1.17. The number of nitrogens with one attached hydrogen (secondary N) is 1. The largest absolute Gasteiger partial charge is 0.369 e. The van der Waals surface area contributed by atoms with Gasteiger partial charge in [-0.1, -0.05) is 30.3 Å². The monoisotopic (exact) mass is 302 g/mol. The number of hydrogen-bond acceptors (Lipinski definition) is 3. The Labute approximate surface area is 135 Å². The summed E-state index contributed by atoms with van der Waals surface area (Å²) in [4.78, 5) is 4.60. The number of benzene rings is 1. The molecule has 0 aromatic heterocycles. The summed E-state index contributed by atoms with van der Waals surface area (Å²) in [6, 6.07) is 10.7. The lowest BCUT2D eigenvalue weighted by atomic mass is 10.0. The Bertz CT molecular complexity index is 488. The molecule has 0 saturated heterocycles. The molecule has 0 aliphatic rings. The molecule has 1 aromatic carbocycles. The van der Waals surface area contributed by atoms with Crippen molar-refractivity contribution in [1.29, 1.82) is 0 Å². The second kappa shape index (κ2) is 7.97. The maximum absolute atomic E-state index is 4.60. The van der Waals surface area contributed by atoms with Crippen LogP contribution >= 0.6 is 0 Å². The fourth-order valence-electron chi connectivity index (χ4n) is 2.45. The van der Waals surface area contributed by atoms with Crippen molar-refractivity contribution in [2.75, 3.05) is 0 Å². The summed E-state index contributed by atoms with van der Waals surface area (Å²) in [5.74, 6) is 0.945. The molecule has 0 heterocycles. The number of hydrazone groups is 1. The van der Waals surface area contributed by atoms with Gasteiger partial charge in [0.2, 0.25) is 0 Å². The topological polar surface area (TPSA) is 40.0 Å². The molecule has 122 valence electrons. The Balaban J connectivity index is 2.62. The molecule has 4 nitrogen and oxygen atoms in total. The van der Waals surface area contributed by atoms with E-state index in [9.17, 15) is 0 Å². The zero-order valence-corrected chi connectivity index (χ0v) is 14.8. The van der Waals surface area contributed by atoms with E-state index in [4.69, 9.17) is 0 Å². The molecule has 1 rings (SSSR count). The molecule has 2 atom stereocenters. The Morgan fingerprint density at radius 1 is 1.23 bits per heavy atom. The second-order valence-corrected chi connectivity index (χ2v) is 6.72. The lowest BCUT2D eigenvalue weighted by Crippen LogP contribution is -2.52. The van der Waals surface area contributed by atoms with Gasteiger partial charge < -0.3 is 5.32 Å². The van der Waals surface area contributed by atoms with Gasteiger partial charge in [0, 0.05) is 18.3 Å². The van der Waals surface area contributed by atoms with E-state index in [2.05, 4.69) is 68.9 Å². The molecule has 0 fully saturated rings. The molecule has 1 aromatic rings. The molecule has 0 aliphatic heterocycles. The molecule has 0 radical (unpaired) electrons. The summed E-state index contributed by atoms with van der Waals surface area (Å²) >= 11 is 0. The number of nitrogens with zero attached hydrogens (tertiary/aromatic N) is 3. The van der Waals surface area contributed by atoms with Crippen molar-refractivity contribution in [3.8, 4) is 0 Å². The predicted molar refractivity (Wildman–Crippen MR) is 96.5 cm³/mol. The third kappa shape index (κ3) is 5.51. The van der Waals surface area contributed by atoms with Gasteiger partial charge in [-0.3, -0.25) is 10.0 Å². The lowest BCUT2D eigenvalue weighted by molar-refractivity contribution is 0.0814. The highest BCUT2D eigenvalue weighted by atomic mass is 15.5. The number of amidine groups is 1. The van der Waals surface area contributed by atoms with Gasteiger partial charge in [0.1, 0.15) is 0 Å². The van der Waals surface area contributed by atoms with E-state index in [1.807, 2.05) is 30.1 Å². The molecule has 0 saturated carbocycles. The van der Waals surface area contributed by atoms with Crippen LogP contribution in [0.4, 0.5) is 0 Å². The highest BCUT2D eigenvalue weighted by Gasteiger charge is 2.27. The third-order valence-corrected chi connectivity index (χ3v) is 3.73.